The first kappa shape index (κ1) is 19.1. The van der Waals surface area contributed by atoms with Crippen LogP contribution in [0.15, 0.2) is 0 Å². The number of hydrogen-bond acceptors (Lipinski definition) is 6. The average molecular weight is 432 g/mol. The molecule has 2 nitrogen and oxygen atoms in total. The van der Waals surface area contributed by atoms with E-state index in [9.17, 15) is 9.59 Å². The SMILES string of the molecule is O=C([S-])CC1CCS1.O=C([S-])CC1CCS1.[Ba+2]. The maximum Gasteiger partial charge on any atom is 2.00 e. The van der Waals surface area contributed by atoms with Crippen LogP contribution in [0, 0.1) is 0 Å². The van der Waals surface area contributed by atoms with Crippen molar-refractivity contribution in [2.45, 2.75) is 36.2 Å². The van der Waals surface area contributed by atoms with Crippen LogP contribution in [-0.4, -0.2) is 81.1 Å². The molecular weight excluding hydrogens is 418 g/mol. The van der Waals surface area contributed by atoms with Crippen molar-refractivity contribution in [2.24, 2.45) is 0 Å². The molecule has 0 radical (unpaired) electrons. The molecule has 7 heteroatoms. The molecule has 2 saturated heterocycles. The Morgan fingerprint density at radius 1 is 0.941 bits per heavy atom. The first-order chi connectivity index (χ1) is 7.58. The number of carbonyl (C=O) groups is 2. The maximum atomic E-state index is 10.2. The van der Waals surface area contributed by atoms with E-state index in [4.69, 9.17) is 0 Å². The molecule has 2 rings (SSSR count). The van der Waals surface area contributed by atoms with Crippen molar-refractivity contribution in [1.29, 1.82) is 0 Å². The molecule has 17 heavy (non-hydrogen) atoms. The Kier molecular flexibility index (Phi) is 12.1. The summed E-state index contributed by atoms with van der Waals surface area (Å²) in [6.07, 6.45) is 3.60. The molecule has 2 fully saturated rings. The van der Waals surface area contributed by atoms with E-state index >= 15 is 0 Å². The summed E-state index contributed by atoms with van der Waals surface area (Å²) < 4.78 is 0. The van der Waals surface area contributed by atoms with Crippen molar-refractivity contribution < 1.29 is 9.59 Å². The van der Waals surface area contributed by atoms with E-state index in [0.29, 0.717) is 23.3 Å². The summed E-state index contributed by atoms with van der Waals surface area (Å²) in [5.74, 6) is 2.43. The summed E-state index contributed by atoms with van der Waals surface area (Å²) in [6, 6.07) is 0. The normalized spacial score (nSPS) is 25.2. The zero-order chi connectivity index (χ0) is 12.0. The Balaban J connectivity index is 0.000000284. The summed E-state index contributed by atoms with van der Waals surface area (Å²) in [7, 11) is 0. The van der Waals surface area contributed by atoms with Crippen LogP contribution in [0.5, 0.6) is 0 Å². The molecule has 0 spiro atoms. The molecule has 0 aliphatic carbocycles. The maximum absolute atomic E-state index is 10.2. The van der Waals surface area contributed by atoms with Crippen molar-refractivity contribution >= 4 is 108 Å². The summed E-state index contributed by atoms with van der Waals surface area (Å²) in [5.41, 5.74) is 0. The van der Waals surface area contributed by atoms with Crippen molar-refractivity contribution in [3.63, 3.8) is 0 Å². The van der Waals surface area contributed by atoms with E-state index in [2.05, 4.69) is 25.3 Å². The van der Waals surface area contributed by atoms with Crippen LogP contribution < -0.4 is 0 Å². The van der Waals surface area contributed by atoms with Crippen molar-refractivity contribution in [3.05, 3.63) is 0 Å². The van der Waals surface area contributed by atoms with Gasteiger partial charge in [0.15, 0.2) is 0 Å². The van der Waals surface area contributed by atoms with Gasteiger partial charge >= 0.3 is 48.9 Å². The van der Waals surface area contributed by atoms with Crippen LogP contribution in [0.25, 0.3) is 0 Å². The molecule has 2 aliphatic heterocycles. The molecule has 2 aliphatic rings. The van der Waals surface area contributed by atoms with Crippen LogP contribution in [0.4, 0.5) is 0 Å². The molecule has 2 heterocycles. The molecule has 0 aromatic rings. The smallest absolute Gasteiger partial charge is 0.742 e. The van der Waals surface area contributed by atoms with Crippen LogP contribution in [0.1, 0.15) is 25.7 Å². The van der Waals surface area contributed by atoms with Gasteiger partial charge in [-0.2, -0.15) is 23.5 Å². The van der Waals surface area contributed by atoms with Gasteiger partial charge in [0.2, 0.25) is 0 Å². The summed E-state index contributed by atoms with van der Waals surface area (Å²) in [4.78, 5) is 20.5. The second-order valence-electron chi connectivity index (χ2n) is 3.72. The Morgan fingerprint density at radius 2 is 1.24 bits per heavy atom. The Hall–Kier alpha value is 2.05. The largest absolute Gasteiger partial charge is 2.00 e. The van der Waals surface area contributed by atoms with Crippen molar-refractivity contribution in [2.75, 3.05) is 11.5 Å². The van der Waals surface area contributed by atoms with E-state index in [1.807, 2.05) is 23.5 Å². The topological polar surface area (TPSA) is 34.1 Å². The molecular formula is C10H14BaO2S4. The third-order valence-electron chi connectivity index (χ3n) is 2.38. The molecule has 2 atom stereocenters. The molecule has 0 aromatic heterocycles. The van der Waals surface area contributed by atoms with Gasteiger partial charge in [0.1, 0.15) is 0 Å². The van der Waals surface area contributed by atoms with Crippen LogP contribution in [-0.2, 0) is 34.8 Å². The van der Waals surface area contributed by atoms with Gasteiger partial charge in [-0.1, -0.05) is 0 Å². The second kappa shape index (κ2) is 10.8. The average Bonchev–Trinajstić information content (AvgIpc) is 2.05. The minimum absolute atomic E-state index is 0. The number of thioether (sulfide) groups is 2. The first-order valence-corrected chi connectivity index (χ1v) is 8.12. The third-order valence-corrected chi connectivity index (χ3v) is 5.40. The van der Waals surface area contributed by atoms with Crippen molar-refractivity contribution in [1.82, 2.24) is 0 Å². The molecule has 2 unspecified atom stereocenters. The molecule has 0 saturated carbocycles. The van der Waals surface area contributed by atoms with Crippen molar-refractivity contribution in [3.8, 4) is 0 Å². The molecule has 0 N–H and O–H groups in total. The zero-order valence-corrected chi connectivity index (χ0v) is 17.3. The molecule has 0 bridgehead atoms. The van der Waals surface area contributed by atoms with E-state index in [-0.39, 0.29) is 59.1 Å². The fraction of sp³-hybridized carbons (Fsp3) is 0.800. The minimum atomic E-state index is -0.0813. The predicted molar refractivity (Wildman–Crippen MR) is 81.5 cm³/mol. The van der Waals surface area contributed by atoms with Gasteiger partial charge in [0.05, 0.1) is 0 Å². The number of rotatable bonds is 4. The monoisotopic (exact) mass is 432 g/mol. The Morgan fingerprint density at radius 3 is 1.29 bits per heavy atom. The third kappa shape index (κ3) is 9.56. The van der Waals surface area contributed by atoms with Gasteiger partial charge in [-0.3, -0.25) is 0 Å². The quantitative estimate of drug-likeness (QED) is 0.496. The number of hydrogen-bond donors (Lipinski definition) is 0. The van der Waals surface area contributed by atoms with Crippen LogP contribution >= 0.6 is 23.5 Å². The molecule has 0 amide bonds. The van der Waals surface area contributed by atoms with Crippen LogP contribution in [0.2, 0.25) is 0 Å². The van der Waals surface area contributed by atoms with E-state index in [1.54, 1.807) is 0 Å². The Labute approximate surface area is 162 Å². The minimum Gasteiger partial charge on any atom is -0.742 e. The fourth-order valence-corrected chi connectivity index (χ4v) is 3.55. The van der Waals surface area contributed by atoms with Gasteiger partial charge in [0, 0.05) is 20.7 Å². The zero-order valence-electron chi connectivity index (χ0n) is 9.55. The number of carbonyl (C=O) groups excluding carboxylic acids is 2. The predicted octanol–water partition coefficient (Wildman–Crippen LogP) is 1.53. The summed E-state index contributed by atoms with van der Waals surface area (Å²) in [5, 5.41) is 0.976. The second-order valence-corrected chi connectivity index (χ2v) is 7.44. The van der Waals surface area contributed by atoms with E-state index < -0.39 is 0 Å². The van der Waals surface area contributed by atoms with Gasteiger partial charge in [-0.05, 0) is 37.2 Å². The van der Waals surface area contributed by atoms with Gasteiger partial charge in [0.25, 0.3) is 0 Å². The van der Waals surface area contributed by atoms with Gasteiger partial charge in [-0.15, -0.1) is 0 Å². The molecule has 92 valence electrons. The summed E-state index contributed by atoms with van der Waals surface area (Å²) in [6.45, 7) is 0. The van der Waals surface area contributed by atoms with Gasteiger partial charge in [-0.25, -0.2) is 0 Å². The van der Waals surface area contributed by atoms with E-state index in [0.717, 1.165) is 0 Å². The van der Waals surface area contributed by atoms with Crippen LogP contribution in [0.3, 0.4) is 0 Å². The summed E-state index contributed by atoms with van der Waals surface area (Å²) >= 11 is 12.5. The fourth-order valence-electron chi connectivity index (χ4n) is 1.26. The first-order valence-electron chi connectivity index (χ1n) is 5.21. The standard InChI is InChI=1S/2C5H8OS2.Ba/c2*6-5(7)3-4-1-2-8-4;/h2*4H,1-3H2,(H,6,7);/q;;+2/p-2. The molecule has 0 aromatic carbocycles. The van der Waals surface area contributed by atoms with E-state index in [1.165, 1.54) is 24.3 Å². The van der Waals surface area contributed by atoms with Gasteiger partial charge < -0.3 is 34.8 Å². The Bertz CT molecular complexity index is 229.